The lowest BCUT2D eigenvalue weighted by molar-refractivity contribution is -0.00724. The highest BCUT2D eigenvalue weighted by atomic mass is 19.1. The second kappa shape index (κ2) is 5.54. The fourth-order valence-corrected chi connectivity index (χ4v) is 2.57. The molecule has 4 nitrogen and oxygen atoms in total. The van der Waals surface area contributed by atoms with Gasteiger partial charge in [-0.25, -0.2) is 9.18 Å². The summed E-state index contributed by atoms with van der Waals surface area (Å²) >= 11 is 0. The predicted molar refractivity (Wildman–Crippen MR) is 77.9 cm³/mol. The van der Waals surface area contributed by atoms with Gasteiger partial charge in [0.25, 0.3) is 0 Å². The molecular weight excluding hydrogens is 273 g/mol. The Morgan fingerprint density at radius 1 is 1.38 bits per heavy atom. The van der Waals surface area contributed by atoms with Gasteiger partial charge in [-0.2, -0.15) is 0 Å². The molecule has 0 radical (unpaired) electrons. The summed E-state index contributed by atoms with van der Waals surface area (Å²) in [6.45, 7) is 5.70. The largest absolute Gasteiger partial charge is 0.508 e. The van der Waals surface area contributed by atoms with E-state index in [-0.39, 0.29) is 24.3 Å². The van der Waals surface area contributed by atoms with E-state index in [1.807, 2.05) is 0 Å². The molecule has 2 rings (SSSR count). The molecule has 5 heteroatoms. The minimum Gasteiger partial charge on any atom is -0.508 e. The van der Waals surface area contributed by atoms with Crippen LogP contribution in [0, 0.1) is 0 Å². The van der Waals surface area contributed by atoms with Crippen LogP contribution in [0.25, 0.3) is 0 Å². The fraction of sp³-hybridized carbons (Fsp3) is 0.562. The number of piperidine rings is 1. The number of phenols is 1. The van der Waals surface area contributed by atoms with E-state index in [1.165, 1.54) is 11.0 Å². The van der Waals surface area contributed by atoms with Crippen molar-refractivity contribution in [2.45, 2.75) is 44.9 Å². The molecule has 0 aliphatic carbocycles. The maximum absolute atomic E-state index is 15.2. The van der Waals surface area contributed by atoms with E-state index in [0.717, 1.165) is 0 Å². The summed E-state index contributed by atoms with van der Waals surface area (Å²) in [5.74, 6) is -0.0777. The number of aromatic hydroxyl groups is 1. The van der Waals surface area contributed by atoms with E-state index in [2.05, 4.69) is 0 Å². The van der Waals surface area contributed by atoms with Crippen molar-refractivity contribution in [3.8, 4) is 5.75 Å². The van der Waals surface area contributed by atoms with Gasteiger partial charge in [-0.15, -0.1) is 0 Å². The molecule has 0 spiro atoms. The van der Waals surface area contributed by atoms with E-state index in [0.29, 0.717) is 13.0 Å². The van der Waals surface area contributed by atoms with Crippen molar-refractivity contribution in [1.82, 2.24) is 4.90 Å². The topological polar surface area (TPSA) is 49.8 Å². The number of benzene rings is 1. The molecule has 1 heterocycles. The summed E-state index contributed by atoms with van der Waals surface area (Å²) < 4.78 is 20.5. The molecule has 1 atom stereocenters. The van der Waals surface area contributed by atoms with Gasteiger partial charge in [-0.3, -0.25) is 0 Å². The van der Waals surface area contributed by atoms with Gasteiger partial charge in [0.15, 0.2) is 5.67 Å². The van der Waals surface area contributed by atoms with Crippen molar-refractivity contribution in [2.24, 2.45) is 0 Å². The second-order valence-electron chi connectivity index (χ2n) is 6.49. The van der Waals surface area contributed by atoms with Crippen LogP contribution >= 0.6 is 0 Å². The molecule has 0 bridgehead atoms. The highest BCUT2D eigenvalue weighted by Gasteiger charge is 2.41. The fourth-order valence-electron chi connectivity index (χ4n) is 2.57. The van der Waals surface area contributed by atoms with Crippen molar-refractivity contribution < 1.29 is 19.0 Å². The Morgan fingerprint density at radius 3 is 2.67 bits per heavy atom. The molecule has 1 fully saturated rings. The number of likely N-dealkylation sites (tertiary alicyclic amines) is 1. The number of nitrogens with zero attached hydrogens (tertiary/aromatic N) is 1. The number of carbonyl (C=O) groups excluding carboxylic acids is 1. The zero-order valence-electron chi connectivity index (χ0n) is 12.7. The average Bonchev–Trinajstić information content (AvgIpc) is 2.37. The quantitative estimate of drug-likeness (QED) is 0.861. The lowest BCUT2D eigenvalue weighted by Crippen LogP contribution is -2.48. The maximum Gasteiger partial charge on any atom is 0.410 e. The number of ether oxygens (including phenoxy) is 1. The van der Waals surface area contributed by atoms with Crippen LogP contribution in [0.15, 0.2) is 24.3 Å². The van der Waals surface area contributed by atoms with Crippen LogP contribution in [-0.4, -0.2) is 34.8 Å². The van der Waals surface area contributed by atoms with E-state index < -0.39 is 17.4 Å². The molecule has 21 heavy (non-hydrogen) atoms. The third-order valence-electron chi connectivity index (χ3n) is 3.48. The molecule has 1 N–H and O–H groups in total. The number of halogens is 1. The lowest BCUT2D eigenvalue weighted by atomic mass is 9.87. The van der Waals surface area contributed by atoms with Crippen molar-refractivity contribution in [3.63, 3.8) is 0 Å². The van der Waals surface area contributed by atoms with Gasteiger partial charge in [-0.05, 0) is 39.7 Å². The van der Waals surface area contributed by atoms with E-state index in [9.17, 15) is 9.90 Å². The number of hydrogen-bond donors (Lipinski definition) is 1. The standard InChI is InChI=1S/C16H22FNO3/c1-15(2,3)21-14(20)18-10-6-9-16(17,11-18)12-7-4-5-8-13(12)19/h4-5,7-8,19H,6,9-11H2,1-3H3. The third-order valence-corrected chi connectivity index (χ3v) is 3.48. The number of amides is 1. The van der Waals surface area contributed by atoms with Gasteiger partial charge in [0, 0.05) is 12.1 Å². The SMILES string of the molecule is CC(C)(C)OC(=O)N1CCCC(F)(c2ccccc2O)C1. The Balaban J connectivity index is 2.17. The minimum absolute atomic E-state index is 0.0777. The maximum atomic E-state index is 15.2. The van der Waals surface area contributed by atoms with Crippen LogP contribution in [-0.2, 0) is 10.4 Å². The molecule has 1 amide bonds. The zero-order chi connectivity index (χ0) is 15.7. The van der Waals surface area contributed by atoms with Crippen molar-refractivity contribution in [1.29, 1.82) is 0 Å². The summed E-state index contributed by atoms with van der Waals surface area (Å²) in [6.07, 6.45) is 0.299. The average molecular weight is 295 g/mol. The van der Waals surface area contributed by atoms with Crippen LogP contribution in [0.2, 0.25) is 0 Å². The van der Waals surface area contributed by atoms with Crippen molar-refractivity contribution in [3.05, 3.63) is 29.8 Å². The van der Waals surface area contributed by atoms with Crippen molar-refractivity contribution >= 4 is 6.09 Å². The van der Waals surface area contributed by atoms with Crippen LogP contribution in [0.3, 0.4) is 0 Å². The zero-order valence-corrected chi connectivity index (χ0v) is 12.7. The van der Waals surface area contributed by atoms with E-state index >= 15 is 4.39 Å². The molecule has 0 aromatic heterocycles. The van der Waals surface area contributed by atoms with Gasteiger partial charge >= 0.3 is 6.09 Å². The second-order valence-corrected chi connectivity index (χ2v) is 6.49. The van der Waals surface area contributed by atoms with Gasteiger partial charge in [0.05, 0.1) is 6.54 Å². The number of phenolic OH excluding ortho intramolecular Hbond substituents is 1. The Kier molecular flexibility index (Phi) is 4.12. The summed E-state index contributed by atoms with van der Waals surface area (Å²) in [6, 6.07) is 6.36. The number of alkyl halides is 1. The number of carbonyl (C=O) groups is 1. The van der Waals surface area contributed by atoms with Gasteiger partial charge in [-0.1, -0.05) is 18.2 Å². The molecule has 0 saturated carbocycles. The molecule has 1 aromatic rings. The highest BCUT2D eigenvalue weighted by Crippen LogP contribution is 2.40. The lowest BCUT2D eigenvalue weighted by Gasteiger charge is -2.38. The summed E-state index contributed by atoms with van der Waals surface area (Å²) in [5.41, 5.74) is -2.11. The first-order chi connectivity index (χ1) is 9.71. The van der Waals surface area contributed by atoms with Gasteiger partial charge < -0.3 is 14.7 Å². The van der Waals surface area contributed by atoms with Crippen LogP contribution in [0.1, 0.15) is 39.2 Å². The van der Waals surface area contributed by atoms with Gasteiger partial charge in [0.1, 0.15) is 11.4 Å². The first kappa shape index (κ1) is 15.6. The first-order valence-corrected chi connectivity index (χ1v) is 7.17. The molecule has 1 aromatic carbocycles. The van der Waals surface area contributed by atoms with E-state index in [1.54, 1.807) is 39.0 Å². The summed E-state index contributed by atoms with van der Waals surface area (Å²) in [7, 11) is 0. The Labute approximate surface area is 124 Å². The summed E-state index contributed by atoms with van der Waals surface area (Å²) in [5, 5.41) is 9.86. The Hall–Kier alpha value is -1.78. The molecular formula is C16H22FNO3. The third kappa shape index (κ3) is 3.65. The van der Waals surface area contributed by atoms with Crippen molar-refractivity contribution in [2.75, 3.05) is 13.1 Å². The number of rotatable bonds is 1. The Morgan fingerprint density at radius 2 is 2.05 bits per heavy atom. The van der Waals surface area contributed by atoms with Gasteiger partial charge in [0.2, 0.25) is 0 Å². The number of para-hydroxylation sites is 1. The highest BCUT2D eigenvalue weighted by molar-refractivity contribution is 5.68. The van der Waals surface area contributed by atoms with Crippen LogP contribution in [0.4, 0.5) is 9.18 Å². The normalized spacial score (nSPS) is 23.0. The molecule has 116 valence electrons. The minimum atomic E-state index is -1.74. The molecule has 1 saturated heterocycles. The van der Waals surface area contributed by atoms with Crippen LogP contribution < -0.4 is 0 Å². The number of hydrogen-bond acceptors (Lipinski definition) is 3. The molecule has 1 aliphatic heterocycles. The molecule has 1 aliphatic rings. The Bertz CT molecular complexity index is 526. The predicted octanol–water partition coefficient (Wildman–Crippen LogP) is 3.59. The van der Waals surface area contributed by atoms with E-state index in [4.69, 9.17) is 4.74 Å². The smallest absolute Gasteiger partial charge is 0.410 e. The van der Waals surface area contributed by atoms with Crippen LogP contribution in [0.5, 0.6) is 5.75 Å². The first-order valence-electron chi connectivity index (χ1n) is 7.17. The monoisotopic (exact) mass is 295 g/mol. The summed E-state index contributed by atoms with van der Waals surface area (Å²) in [4.78, 5) is 13.5. The molecule has 1 unspecified atom stereocenters.